The van der Waals surface area contributed by atoms with Crippen molar-refractivity contribution in [3.05, 3.63) is 0 Å². The van der Waals surface area contributed by atoms with Crippen molar-refractivity contribution >= 4 is 11.9 Å². The number of hydrogen-bond acceptors (Lipinski definition) is 3. The number of esters is 1. The summed E-state index contributed by atoms with van der Waals surface area (Å²) in [5, 5.41) is 10.2. The summed E-state index contributed by atoms with van der Waals surface area (Å²) < 4.78 is 4.86. The molecule has 0 aliphatic carbocycles. The molecule has 10 heterocycles. The molecule has 10 saturated heterocycles. The zero-order valence-corrected chi connectivity index (χ0v) is 12.3. The molecular formula is C15H16FeO4. The van der Waals surface area contributed by atoms with Gasteiger partial charge in [-0.25, -0.2) is 0 Å². The van der Waals surface area contributed by atoms with Gasteiger partial charge in [0.25, 0.3) is 0 Å². The van der Waals surface area contributed by atoms with Crippen LogP contribution in [0.15, 0.2) is 0 Å². The normalized spacial score (nSPS) is 107. The molecule has 0 aromatic rings. The molecule has 0 radical (unpaired) electrons. The van der Waals surface area contributed by atoms with Crippen LogP contribution in [0.3, 0.4) is 0 Å². The predicted octanol–water partition coefficient (Wildman–Crippen LogP) is 3.15. The summed E-state index contributed by atoms with van der Waals surface area (Å²) in [6.07, 6.45) is -0.103. The van der Waals surface area contributed by atoms with E-state index in [-0.39, 0.29) is 16.4 Å². The summed E-state index contributed by atoms with van der Waals surface area (Å²) in [5.74, 6) is -0.587. The first-order valence-electron chi connectivity index (χ1n) is 7.87. The first-order chi connectivity index (χ1) is 9.22. The molecule has 0 bridgehead atoms. The van der Waals surface area contributed by atoms with Crippen molar-refractivity contribution in [1.82, 2.24) is 0 Å². The number of carbonyl (C=O) groups excluding carboxylic acids is 1. The van der Waals surface area contributed by atoms with Gasteiger partial charge in [-0.15, -0.1) is 0 Å². The zero-order chi connectivity index (χ0) is 13.4. The topological polar surface area (TPSA) is 63.6 Å². The fraction of sp³-hybridized carbons (Fsp3) is 0.867. The molecule has 0 aromatic carbocycles. The monoisotopic (exact) mass is 316 g/mol. The van der Waals surface area contributed by atoms with Crippen LogP contribution < -0.4 is 0 Å². The molecule has 10 aliphatic rings. The molecule has 5 heteroatoms. The molecule has 5 unspecified atom stereocenters. The molecule has 20 heavy (non-hydrogen) atoms. The summed E-state index contributed by atoms with van der Waals surface area (Å²) in [6, 6.07) is 0. The number of hydrogen-bond donors (Lipinski definition) is 1. The first-order valence-corrected chi connectivity index (χ1v) is 14.1. The van der Waals surface area contributed by atoms with Crippen molar-refractivity contribution in [2.24, 2.45) is 0 Å². The van der Waals surface area contributed by atoms with E-state index in [2.05, 4.69) is 0 Å². The maximum absolute atomic E-state index is 13.1. The Labute approximate surface area is 105 Å². The number of carboxylic acid groups (broad SMARTS) is 1. The standard InChI is InChI=1S/C10H11O4.C5H5.Fe/c1-6(2)14-10(13)8-5-3-4-7(8)9(11)12;1-2-4-5-3-1;/h3-6H,1-2H3,(H,11,12);1-5H;. The summed E-state index contributed by atoms with van der Waals surface area (Å²) in [4.78, 5) is 31.5. The van der Waals surface area contributed by atoms with Gasteiger partial charge in [-0.3, -0.25) is 0 Å². The SMILES string of the molecule is CC(C)OC(=O)[C]12[CH]3[CH]4[CH]5[C]1(C(=O)O)[Fe]45321678[CH]2[CH]1[CH]6[CH]7[CH]28. The Morgan fingerprint density at radius 3 is 1.80 bits per heavy atom. The fourth-order valence-electron chi connectivity index (χ4n) is 18.0. The number of ether oxygens (including phenoxy) is 1. The first kappa shape index (κ1) is 8.19. The van der Waals surface area contributed by atoms with Crippen LogP contribution >= 0.6 is 0 Å². The Morgan fingerprint density at radius 1 is 1.00 bits per heavy atom. The van der Waals surface area contributed by atoms with Crippen LogP contribution in [-0.2, 0) is 20.8 Å². The molecule has 108 valence electrons. The third-order valence-electron chi connectivity index (χ3n) is 15.8. The molecule has 0 amide bonds. The van der Waals surface area contributed by atoms with Gasteiger partial charge in [0.15, 0.2) is 0 Å². The van der Waals surface area contributed by atoms with E-state index < -0.39 is 16.8 Å². The second kappa shape index (κ2) is 0.688. The number of rotatable bonds is 3. The average molecular weight is 316 g/mol. The van der Waals surface area contributed by atoms with Crippen LogP contribution in [0.5, 0.6) is 0 Å². The van der Waals surface area contributed by atoms with E-state index in [9.17, 15) is 14.7 Å². The minimum absolute atomic E-state index is 0.0311. The Bertz CT molecular complexity index is 1120. The van der Waals surface area contributed by atoms with Crippen LogP contribution in [0.1, 0.15) is 13.8 Å². The quantitative estimate of drug-likeness (QED) is 0.642. The van der Waals surface area contributed by atoms with E-state index in [0.29, 0.717) is 9.63 Å². The molecule has 10 fully saturated rings. The number of carbonyl (C=O) groups is 2. The van der Waals surface area contributed by atoms with Crippen LogP contribution in [0.2, 0.25) is 47.2 Å². The van der Waals surface area contributed by atoms with Crippen LogP contribution in [0, 0.1) is 0 Å². The van der Waals surface area contributed by atoms with E-state index in [1.807, 2.05) is 13.8 Å². The van der Waals surface area contributed by atoms with Gasteiger partial charge in [-0.1, -0.05) is 0 Å². The van der Waals surface area contributed by atoms with Crippen LogP contribution in [-0.4, -0.2) is 23.1 Å². The molecule has 1 spiro atoms. The fourth-order valence-corrected chi connectivity index (χ4v) is 92.9. The van der Waals surface area contributed by atoms with Crippen molar-refractivity contribution in [3.63, 3.8) is 0 Å². The average Bonchev–Trinajstić information content (AvgIpc) is 3.31. The Morgan fingerprint density at radius 2 is 1.50 bits per heavy atom. The predicted molar refractivity (Wildman–Crippen MR) is 64.2 cm³/mol. The molecular weight excluding hydrogens is 300 g/mol. The van der Waals surface area contributed by atoms with E-state index in [1.165, 1.54) is 0 Å². The van der Waals surface area contributed by atoms with Crippen molar-refractivity contribution in [2.75, 3.05) is 0 Å². The van der Waals surface area contributed by atoms with Crippen LogP contribution in [0.25, 0.3) is 0 Å². The molecule has 5 atom stereocenters. The van der Waals surface area contributed by atoms with Crippen molar-refractivity contribution in [2.45, 2.75) is 67.1 Å². The molecule has 0 aromatic heterocycles. The van der Waals surface area contributed by atoms with Crippen molar-refractivity contribution in [3.8, 4) is 0 Å². The third-order valence-corrected chi connectivity index (χ3v) is 58.5. The van der Waals surface area contributed by atoms with Gasteiger partial charge in [0, 0.05) is 0 Å². The van der Waals surface area contributed by atoms with E-state index in [0.717, 1.165) is 28.9 Å². The number of aliphatic carboxylic acids is 1. The Hall–Kier alpha value is -0.541. The summed E-state index contributed by atoms with van der Waals surface area (Å²) in [6.45, 7) is -0.277. The van der Waals surface area contributed by atoms with E-state index in [4.69, 9.17) is 4.74 Å². The molecule has 10 aliphatic heterocycles. The van der Waals surface area contributed by atoms with Crippen molar-refractivity contribution in [1.29, 1.82) is 0 Å². The van der Waals surface area contributed by atoms with Gasteiger partial charge in [-0.05, 0) is 0 Å². The summed E-state index contributed by atoms with van der Waals surface area (Å²) in [5.41, 5.74) is 0. The zero-order valence-electron chi connectivity index (χ0n) is 11.2. The van der Waals surface area contributed by atoms with Gasteiger partial charge in [-0.2, -0.15) is 0 Å². The molecule has 1 N–H and O–H groups in total. The molecule has 4 nitrogen and oxygen atoms in total. The second-order valence-corrected chi connectivity index (χ2v) is 34.7. The third kappa shape index (κ3) is 0.0805. The second-order valence-electron chi connectivity index (χ2n) is 11.5. The minimum atomic E-state index is -4.07. The van der Waals surface area contributed by atoms with E-state index in [1.54, 1.807) is 0 Å². The number of fused-ring (bicyclic) bond motifs is 10. The van der Waals surface area contributed by atoms with Gasteiger partial charge in [0.05, 0.1) is 0 Å². The molecule has 0 saturated carbocycles. The molecule has 10 rings (SSSR count). The number of carboxylic acids is 1. The summed E-state index contributed by atoms with van der Waals surface area (Å²) >= 11 is 0. The van der Waals surface area contributed by atoms with E-state index >= 15 is 0 Å². The van der Waals surface area contributed by atoms with Gasteiger partial charge < -0.3 is 0 Å². The maximum atomic E-state index is 13.1. The van der Waals surface area contributed by atoms with Crippen LogP contribution in [0.4, 0.5) is 0 Å². The van der Waals surface area contributed by atoms with Gasteiger partial charge in [0.2, 0.25) is 0 Å². The Kier molecular flexibility index (Phi) is 0.281. The van der Waals surface area contributed by atoms with Crippen molar-refractivity contribution < 1.29 is 25.9 Å². The summed E-state index contributed by atoms with van der Waals surface area (Å²) in [7, 11) is 0. The van der Waals surface area contributed by atoms with Gasteiger partial charge >= 0.3 is 105 Å². The van der Waals surface area contributed by atoms with Gasteiger partial charge in [0.1, 0.15) is 0 Å². The Balaban J connectivity index is 1.51.